The fraction of sp³-hybridized carbons (Fsp3) is 0.300. The molecule has 0 aliphatic rings. The Bertz CT molecular complexity index is 1020. The first-order valence-electron chi connectivity index (χ1n) is 9.12. The Hall–Kier alpha value is -2.92. The summed E-state index contributed by atoms with van der Waals surface area (Å²) < 4.78 is 69.2. The standard InChI is InChI=1S/C20H21F3N2O5S/c1-13-3-9-17(10-4-13)31(28,29)24-12-11-18(26)30-14(2)19(27)25-16-7-5-15(6-8-16)20(21,22)23/h3-10,14,24H,11-12H2,1-2H3,(H,25,27). The predicted molar refractivity (Wildman–Crippen MR) is 107 cm³/mol. The van der Waals surface area contributed by atoms with Crippen LogP contribution in [0.3, 0.4) is 0 Å². The van der Waals surface area contributed by atoms with E-state index in [1.165, 1.54) is 19.1 Å². The van der Waals surface area contributed by atoms with E-state index in [-0.39, 0.29) is 23.5 Å². The maximum Gasteiger partial charge on any atom is 0.416 e. The van der Waals surface area contributed by atoms with Gasteiger partial charge in [0.25, 0.3) is 5.91 Å². The van der Waals surface area contributed by atoms with Gasteiger partial charge in [-0.15, -0.1) is 0 Å². The van der Waals surface area contributed by atoms with E-state index in [0.29, 0.717) is 0 Å². The third kappa shape index (κ3) is 7.37. The number of sulfonamides is 1. The van der Waals surface area contributed by atoms with Gasteiger partial charge in [0.2, 0.25) is 10.0 Å². The van der Waals surface area contributed by atoms with Crippen LogP contribution >= 0.6 is 0 Å². The summed E-state index contributed by atoms with van der Waals surface area (Å²) in [4.78, 5) is 24.0. The lowest BCUT2D eigenvalue weighted by atomic mass is 10.2. The summed E-state index contributed by atoms with van der Waals surface area (Å²) in [5.41, 5.74) is 0.135. The van der Waals surface area contributed by atoms with Crippen molar-refractivity contribution in [2.45, 2.75) is 37.4 Å². The SMILES string of the molecule is Cc1ccc(S(=O)(=O)NCCC(=O)OC(C)C(=O)Nc2ccc(C(F)(F)F)cc2)cc1. The number of halogens is 3. The molecule has 2 aromatic rings. The summed E-state index contributed by atoms with van der Waals surface area (Å²) in [6.07, 6.45) is -6.04. The highest BCUT2D eigenvalue weighted by atomic mass is 32.2. The molecule has 0 saturated carbocycles. The van der Waals surface area contributed by atoms with Gasteiger partial charge in [-0.2, -0.15) is 13.2 Å². The Morgan fingerprint density at radius 1 is 1.03 bits per heavy atom. The lowest BCUT2D eigenvalue weighted by molar-refractivity contribution is -0.153. The van der Waals surface area contributed by atoms with E-state index >= 15 is 0 Å². The highest BCUT2D eigenvalue weighted by molar-refractivity contribution is 7.89. The van der Waals surface area contributed by atoms with E-state index in [1.807, 2.05) is 6.92 Å². The van der Waals surface area contributed by atoms with Gasteiger partial charge >= 0.3 is 12.1 Å². The number of anilines is 1. The van der Waals surface area contributed by atoms with Gasteiger partial charge in [-0.25, -0.2) is 13.1 Å². The van der Waals surface area contributed by atoms with Crippen molar-refractivity contribution in [3.63, 3.8) is 0 Å². The molecule has 7 nitrogen and oxygen atoms in total. The molecule has 1 unspecified atom stereocenters. The number of esters is 1. The molecular weight excluding hydrogens is 437 g/mol. The van der Waals surface area contributed by atoms with Crippen LogP contribution in [-0.4, -0.2) is 32.9 Å². The summed E-state index contributed by atoms with van der Waals surface area (Å²) in [5, 5.41) is 2.34. The van der Waals surface area contributed by atoms with E-state index in [9.17, 15) is 31.2 Å². The van der Waals surface area contributed by atoms with E-state index in [4.69, 9.17) is 4.74 Å². The van der Waals surface area contributed by atoms with Crippen LogP contribution in [0.4, 0.5) is 18.9 Å². The predicted octanol–water partition coefficient (Wildman–Crippen LogP) is 3.25. The Morgan fingerprint density at radius 3 is 2.16 bits per heavy atom. The van der Waals surface area contributed by atoms with Gasteiger partial charge in [0.1, 0.15) is 0 Å². The molecule has 0 radical (unpaired) electrons. The van der Waals surface area contributed by atoms with Crippen molar-refractivity contribution < 1.29 is 35.9 Å². The van der Waals surface area contributed by atoms with Crippen molar-refractivity contribution in [1.29, 1.82) is 0 Å². The molecule has 1 atom stereocenters. The third-order valence-corrected chi connectivity index (χ3v) is 5.59. The number of ether oxygens (including phenoxy) is 1. The molecule has 0 saturated heterocycles. The van der Waals surface area contributed by atoms with Crippen LogP contribution in [-0.2, 0) is 30.5 Å². The van der Waals surface area contributed by atoms with Gasteiger partial charge in [-0.05, 0) is 50.2 Å². The lowest BCUT2D eigenvalue weighted by Gasteiger charge is -2.14. The van der Waals surface area contributed by atoms with E-state index in [1.54, 1.807) is 12.1 Å². The number of rotatable bonds is 8. The molecule has 0 fully saturated rings. The number of carbonyl (C=O) groups is 2. The van der Waals surface area contributed by atoms with Gasteiger partial charge in [0.05, 0.1) is 16.9 Å². The minimum Gasteiger partial charge on any atom is -0.452 e. The van der Waals surface area contributed by atoms with Crippen molar-refractivity contribution in [2.75, 3.05) is 11.9 Å². The molecule has 168 valence electrons. The zero-order valence-electron chi connectivity index (χ0n) is 16.7. The number of benzene rings is 2. The Labute approximate surface area is 177 Å². The Morgan fingerprint density at radius 2 is 1.61 bits per heavy atom. The first-order valence-corrected chi connectivity index (χ1v) is 10.6. The van der Waals surface area contributed by atoms with Crippen molar-refractivity contribution in [1.82, 2.24) is 4.72 Å². The summed E-state index contributed by atoms with van der Waals surface area (Å²) >= 11 is 0. The molecule has 2 N–H and O–H groups in total. The monoisotopic (exact) mass is 458 g/mol. The molecule has 0 spiro atoms. The first kappa shape index (κ1) is 24.4. The van der Waals surface area contributed by atoms with E-state index in [0.717, 1.165) is 29.8 Å². The minimum atomic E-state index is -4.49. The quantitative estimate of drug-likeness (QED) is 0.592. The summed E-state index contributed by atoms with van der Waals surface area (Å²) in [6, 6.07) is 9.93. The first-order chi connectivity index (χ1) is 14.4. The largest absolute Gasteiger partial charge is 0.452 e. The molecule has 0 heterocycles. The molecule has 2 aromatic carbocycles. The Kier molecular flexibility index (Phi) is 7.80. The topological polar surface area (TPSA) is 102 Å². The fourth-order valence-electron chi connectivity index (χ4n) is 2.38. The smallest absolute Gasteiger partial charge is 0.416 e. The zero-order valence-corrected chi connectivity index (χ0v) is 17.5. The molecule has 0 aromatic heterocycles. The van der Waals surface area contributed by atoms with Crippen molar-refractivity contribution in [2.24, 2.45) is 0 Å². The van der Waals surface area contributed by atoms with E-state index < -0.39 is 39.7 Å². The number of alkyl halides is 3. The van der Waals surface area contributed by atoms with Crippen molar-refractivity contribution in [3.05, 3.63) is 59.7 Å². The molecular formula is C20H21F3N2O5S. The van der Waals surface area contributed by atoms with Crippen LogP contribution < -0.4 is 10.0 Å². The average molecular weight is 458 g/mol. The van der Waals surface area contributed by atoms with E-state index in [2.05, 4.69) is 10.0 Å². The lowest BCUT2D eigenvalue weighted by Crippen LogP contribution is -2.32. The second-order valence-electron chi connectivity index (χ2n) is 6.66. The average Bonchev–Trinajstić information content (AvgIpc) is 2.67. The van der Waals surface area contributed by atoms with Crippen LogP contribution in [0.15, 0.2) is 53.4 Å². The van der Waals surface area contributed by atoms with Crippen LogP contribution in [0.25, 0.3) is 0 Å². The van der Waals surface area contributed by atoms with Gasteiger partial charge in [-0.3, -0.25) is 9.59 Å². The summed E-state index contributed by atoms with van der Waals surface area (Å²) in [7, 11) is -3.79. The number of nitrogens with one attached hydrogen (secondary N) is 2. The van der Waals surface area contributed by atoms with Crippen molar-refractivity contribution in [3.8, 4) is 0 Å². The van der Waals surface area contributed by atoms with Gasteiger partial charge in [0.15, 0.2) is 6.10 Å². The summed E-state index contributed by atoms with van der Waals surface area (Å²) in [5.74, 6) is -1.56. The van der Waals surface area contributed by atoms with Crippen LogP contribution in [0.2, 0.25) is 0 Å². The van der Waals surface area contributed by atoms with Gasteiger partial charge < -0.3 is 10.1 Å². The van der Waals surface area contributed by atoms with Gasteiger partial charge in [-0.1, -0.05) is 17.7 Å². The second-order valence-corrected chi connectivity index (χ2v) is 8.42. The molecule has 2 rings (SSSR count). The number of amides is 1. The van der Waals surface area contributed by atoms with Crippen LogP contribution in [0.5, 0.6) is 0 Å². The number of aryl methyl sites for hydroxylation is 1. The summed E-state index contributed by atoms with van der Waals surface area (Å²) in [6.45, 7) is 2.87. The van der Waals surface area contributed by atoms with Crippen LogP contribution in [0.1, 0.15) is 24.5 Å². The normalized spacial score (nSPS) is 12.8. The molecule has 0 aliphatic carbocycles. The molecule has 31 heavy (non-hydrogen) atoms. The molecule has 0 aliphatic heterocycles. The molecule has 11 heteroatoms. The fourth-order valence-corrected chi connectivity index (χ4v) is 3.42. The zero-order chi connectivity index (χ0) is 23.2. The third-order valence-electron chi connectivity index (χ3n) is 4.11. The molecule has 1 amide bonds. The van der Waals surface area contributed by atoms with Crippen LogP contribution in [0, 0.1) is 6.92 Å². The maximum atomic E-state index is 12.6. The number of hydrogen-bond donors (Lipinski definition) is 2. The molecule has 0 bridgehead atoms. The second kappa shape index (κ2) is 9.92. The number of hydrogen-bond acceptors (Lipinski definition) is 5. The highest BCUT2D eigenvalue weighted by Gasteiger charge is 2.30. The Balaban J connectivity index is 1.81. The minimum absolute atomic E-state index is 0.0516. The highest BCUT2D eigenvalue weighted by Crippen LogP contribution is 2.29. The van der Waals surface area contributed by atoms with Gasteiger partial charge in [0, 0.05) is 12.2 Å². The maximum absolute atomic E-state index is 12.6. The number of carbonyl (C=O) groups excluding carboxylic acids is 2. The van der Waals surface area contributed by atoms with Crippen molar-refractivity contribution >= 4 is 27.6 Å².